The topological polar surface area (TPSA) is 29.3 Å². The van der Waals surface area contributed by atoms with E-state index in [1.165, 1.54) is 25.7 Å². The van der Waals surface area contributed by atoms with E-state index in [1.807, 2.05) is 19.2 Å². The van der Waals surface area contributed by atoms with Crippen molar-refractivity contribution in [1.82, 2.24) is 0 Å². The molecule has 1 aromatic rings. The Morgan fingerprint density at radius 3 is 2.65 bits per heavy atom. The van der Waals surface area contributed by atoms with Crippen molar-refractivity contribution in [3.63, 3.8) is 0 Å². The summed E-state index contributed by atoms with van der Waals surface area (Å²) < 4.78 is 14.2. The number of benzene rings is 1. The quantitative estimate of drug-likeness (QED) is 0.859. The molecule has 20 heavy (non-hydrogen) atoms. The van der Waals surface area contributed by atoms with Gasteiger partial charge in [0.05, 0.1) is 5.69 Å². The Balaban J connectivity index is 2.00. The van der Waals surface area contributed by atoms with Gasteiger partial charge in [-0.25, -0.2) is 4.39 Å². The number of anilines is 1. The van der Waals surface area contributed by atoms with Gasteiger partial charge in [0, 0.05) is 19.6 Å². The van der Waals surface area contributed by atoms with E-state index in [0.29, 0.717) is 5.69 Å². The van der Waals surface area contributed by atoms with E-state index < -0.39 is 0 Å². The fraction of sp³-hybridized carbons (Fsp3) is 0.647. The molecule has 0 aromatic heterocycles. The van der Waals surface area contributed by atoms with E-state index >= 15 is 0 Å². The van der Waals surface area contributed by atoms with Crippen LogP contribution in [0.2, 0.25) is 0 Å². The van der Waals surface area contributed by atoms with E-state index in [-0.39, 0.29) is 11.9 Å². The molecule has 1 aliphatic rings. The Bertz CT molecular complexity index is 427. The Labute approximate surface area is 122 Å². The molecular weight excluding hydrogens is 251 g/mol. The Hall–Kier alpha value is -1.09. The molecule has 0 heterocycles. The molecule has 1 fully saturated rings. The highest BCUT2D eigenvalue weighted by Gasteiger charge is 2.18. The van der Waals surface area contributed by atoms with Gasteiger partial charge in [0.15, 0.2) is 0 Å². The lowest BCUT2D eigenvalue weighted by Gasteiger charge is -2.24. The third kappa shape index (κ3) is 3.95. The van der Waals surface area contributed by atoms with Gasteiger partial charge in [-0.2, -0.15) is 0 Å². The summed E-state index contributed by atoms with van der Waals surface area (Å²) in [6.07, 6.45) is 6.90. The van der Waals surface area contributed by atoms with Gasteiger partial charge in [0.1, 0.15) is 5.82 Å². The standard InChI is InChI=1S/C17H27FN2/c1-3-15(19)10-14-8-9-17(16(18)11-14)20(2)12-13-6-4-5-7-13/h8-9,11,13,15H,3-7,10,12,19H2,1-2H3. The highest BCUT2D eigenvalue weighted by Crippen LogP contribution is 2.28. The molecule has 3 heteroatoms. The molecule has 0 amide bonds. The average Bonchev–Trinajstić information content (AvgIpc) is 2.91. The molecule has 0 radical (unpaired) electrons. The van der Waals surface area contributed by atoms with Gasteiger partial charge in [-0.3, -0.25) is 0 Å². The second-order valence-electron chi connectivity index (χ2n) is 6.19. The Kier molecular flexibility index (Phi) is 5.41. The molecular formula is C17H27FN2. The van der Waals surface area contributed by atoms with E-state index in [0.717, 1.165) is 30.9 Å². The molecule has 1 aromatic carbocycles. The van der Waals surface area contributed by atoms with Crippen molar-refractivity contribution in [2.24, 2.45) is 11.7 Å². The van der Waals surface area contributed by atoms with Gasteiger partial charge < -0.3 is 10.6 Å². The number of nitrogens with zero attached hydrogens (tertiary/aromatic N) is 1. The SMILES string of the molecule is CCC(N)Cc1ccc(N(C)CC2CCCC2)c(F)c1. The van der Waals surface area contributed by atoms with Crippen molar-refractivity contribution in [3.05, 3.63) is 29.6 Å². The molecule has 0 spiro atoms. The van der Waals surface area contributed by atoms with Crippen molar-refractivity contribution in [3.8, 4) is 0 Å². The van der Waals surface area contributed by atoms with Crippen LogP contribution in [0.3, 0.4) is 0 Å². The summed E-state index contributed by atoms with van der Waals surface area (Å²) in [6.45, 7) is 3.02. The maximum Gasteiger partial charge on any atom is 0.146 e. The zero-order valence-corrected chi connectivity index (χ0v) is 12.7. The summed E-state index contributed by atoms with van der Waals surface area (Å²) in [5, 5.41) is 0. The average molecular weight is 278 g/mol. The van der Waals surface area contributed by atoms with Crippen molar-refractivity contribution in [2.75, 3.05) is 18.5 Å². The molecule has 1 saturated carbocycles. The van der Waals surface area contributed by atoms with Crippen molar-refractivity contribution in [2.45, 2.75) is 51.5 Å². The summed E-state index contributed by atoms with van der Waals surface area (Å²) in [6, 6.07) is 5.69. The van der Waals surface area contributed by atoms with Gasteiger partial charge in [-0.15, -0.1) is 0 Å². The minimum atomic E-state index is -0.119. The number of hydrogen-bond donors (Lipinski definition) is 1. The first-order valence-electron chi connectivity index (χ1n) is 7.85. The summed E-state index contributed by atoms with van der Waals surface area (Å²) >= 11 is 0. The Morgan fingerprint density at radius 2 is 2.05 bits per heavy atom. The van der Waals surface area contributed by atoms with E-state index in [2.05, 4.69) is 11.8 Å². The molecule has 2 nitrogen and oxygen atoms in total. The van der Waals surface area contributed by atoms with Crippen LogP contribution in [0.1, 0.15) is 44.6 Å². The second-order valence-corrected chi connectivity index (χ2v) is 6.19. The maximum absolute atomic E-state index is 14.2. The van der Waals surface area contributed by atoms with Gasteiger partial charge in [-0.1, -0.05) is 25.8 Å². The van der Waals surface area contributed by atoms with Crippen LogP contribution in [-0.4, -0.2) is 19.6 Å². The Morgan fingerprint density at radius 1 is 1.35 bits per heavy atom. The first kappa shape index (κ1) is 15.3. The van der Waals surface area contributed by atoms with Crippen LogP contribution in [0.5, 0.6) is 0 Å². The van der Waals surface area contributed by atoms with Crippen molar-refractivity contribution >= 4 is 5.69 Å². The first-order chi connectivity index (χ1) is 9.60. The van der Waals surface area contributed by atoms with Crippen molar-refractivity contribution in [1.29, 1.82) is 0 Å². The minimum absolute atomic E-state index is 0.119. The van der Waals surface area contributed by atoms with Crippen LogP contribution >= 0.6 is 0 Å². The number of hydrogen-bond acceptors (Lipinski definition) is 2. The van der Waals surface area contributed by atoms with Gasteiger partial charge in [0.2, 0.25) is 0 Å². The zero-order valence-electron chi connectivity index (χ0n) is 12.7. The predicted octanol–water partition coefficient (Wildman–Crippen LogP) is 3.73. The molecule has 0 saturated heterocycles. The molecule has 1 atom stereocenters. The fourth-order valence-corrected chi connectivity index (χ4v) is 3.11. The van der Waals surface area contributed by atoms with Gasteiger partial charge in [-0.05, 0) is 49.3 Å². The van der Waals surface area contributed by atoms with Crippen LogP contribution < -0.4 is 10.6 Å². The third-order valence-electron chi connectivity index (χ3n) is 4.45. The zero-order chi connectivity index (χ0) is 14.5. The van der Waals surface area contributed by atoms with Crippen LogP contribution in [0.25, 0.3) is 0 Å². The van der Waals surface area contributed by atoms with E-state index in [4.69, 9.17) is 5.73 Å². The summed E-state index contributed by atoms with van der Waals surface area (Å²) in [4.78, 5) is 2.06. The molecule has 0 aliphatic heterocycles. The molecule has 2 rings (SSSR count). The predicted molar refractivity (Wildman–Crippen MR) is 83.6 cm³/mol. The third-order valence-corrected chi connectivity index (χ3v) is 4.45. The summed E-state index contributed by atoms with van der Waals surface area (Å²) in [5.74, 6) is 0.610. The van der Waals surface area contributed by atoms with Gasteiger partial charge >= 0.3 is 0 Å². The first-order valence-corrected chi connectivity index (χ1v) is 7.85. The molecule has 1 aliphatic carbocycles. The smallest absolute Gasteiger partial charge is 0.146 e. The summed E-state index contributed by atoms with van der Waals surface area (Å²) in [5.41, 5.74) is 7.64. The maximum atomic E-state index is 14.2. The van der Waals surface area contributed by atoms with Crippen LogP contribution in [0.15, 0.2) is 18.2 Å². The lowest BCUT2D eigenvalue weighted by Crippen LogP contribution is -2.25. The van der Waals surface area contributed by atoms with E-state index in [9.17, 15) is 4.39 Å². The molecule has 1 unspecified atom stereocenters. The number of halogens is 1. The molecule has 2 N–H and O–H groups in total. The lowest BCUT2D eigenvalue weighted by atomic mass is 10.0. The molecule has 112 valence electrons. The van der Waals surface area contributed by atoms with Crippen LogP contribution in [0.4, 0.5) is 10.1 Å². The largest absolute Gasteiger partial charge is 0.372 e. The fourth-order valence-electron chi connectivity index (χ4n) is 3.11. The second kappa shape index (κ2) is 7.07. The summed E-state index contributed by atoms with van der Waals surface area (Å²) in [7, 11) is 1.99. The van der Waals surface area contributed by atoms with Gasteiger partial charge in [0.25, 0.3) is 0 Å². The monoisotopic (exact) mass is 278 g/mol. The molecule has 0 bridgehead atoms. The number of rotatable bonds is 6. The normalized spacial score (nSPS) is 17.4. The van der Waals surface area contributed by atoms with Crippen molar-refractivity contribution < 1.29 is 4.39 Å². The lowest BCUT2D eigenvalue weighted by molar-refractivity contribution is 0.538. The van der Waals surface area contributed by atoms with Crippen LogP contribution in [0, 0.1) is 11.7 Å². The van der Waals surface area contributed by atoms with E-state index in [1.54, 1.807) is 6.07 Å². The number of nitrogens with two attached hydrogens (primary N) is 1. The van der Waals surface area contributed by atoms with Crippen LogP contribution in [-0.2, 0) is 6.42 Å². The minimum Gasteiger partial charge on any atom is -0.372 e. The highest BCUT2D eigenvalue weighted by molar-refractivity contribution is 5.48. The highest BCUT2D eigenvalue weighted by atomic mass is 19.1.